The molecule has 0 atom stereocenters. The van der Waals surface area contributed by atoms with E-state index in [1.54, 1.807) is 18.2 Å². The van der Waals surface area contributed by atoms with Crippen LogP contribution < -0.4 is 5.43 Å². The van der Waals surface area contributed by atoms with Crippen molar-refractivity contribution in [1.82, 2.24) is 10.2 Å². The zero-order valence-corrected chi connectivity index (χ0v) is 9.84. The summed E-state index contributed by atoms with van der Waals surface area (Å²) in [5.41, 5.74) is 1.31. The van der Waals surface area contributed by atoms with Crippen LogP contribution in [0.5, 0.6) is 0 Å². The summed E-state index contributed by atoms with van der Waals surface area (Å²) >= 11 is 5.84. The van der Waals surface area contributed by atoms with Crippen molar-refractivity contribution in [3.8, 4) is 0 Å². The number of hydrogen-bond donors (Lipinski definition) is 1. The van der Waals surface area contributed by atoms with Crippen molar-refractivity contribution in [1.29, 1.82) is 0 Å². The Balaban J connectivity index is 2.53. The minimum Gasteiger partial charge on any atom is -0.287 e. The minimum atomic E-state index is 0.0128. The number of aryl methyl sites for hydroxylation is 1. The van der Waals surface area contributed by atoms with Gasteiger partial charge in [0.15, 0.2) is 0 Å². The van der Waals surface area contributed by atoms with Crippen molar-refractivity contribution >= 4 is 22.5 Å². The lowest BCUT2D eigenvalue weighted by Gasteiger charge is -2.01. The monoisotopic (exact) mass is 236 g/mol. The highest BCUT2D eigenvalue weighted by Crippen LogP contribution is 2.14. The minimum absolute atomic E-state index is 0.0128. The van der Waals surface area contributed by atoms with Gasteiger partial charge in [-0.15, -0.1) is 0 Å². The Morgan fingerprint density at radius 3 is 3.00 bits per heavy atom. The number of aromatic nitrogens is 2. The lowest BCUT2D eigenvalue weighted by Crippen LogP contribution is -2.13. The van der Waals surface area contributed by atoms with Crippen LogP contribution in [0.3, 0.4) is 0 Å². The molecule has 1 aromatic carbocycles. The third kappa shape index (κ3) is 2.09. The number of halogens is 1. The molecule has 16 heavy (non-hydrogen) atoms. The summed E-state index contributed by atoms with van der Waals surface area (Å²) in [5.74, 6) is 0. The second-order valence-corrected chi connectivity index (χ2v) is 4.23. The summed E-state index contributed by atoms with van der Waals surface area (Å²) in [5, 5.41) is 8.23. The number of benzene rings is 1. The van der Waals surface area contributed by atoms with Crippen LogP contribution >= 0.6 is 11.6 Å². The van der Waals surface area contributed by atoms with Gasteiger partial charge in [0.25, 0.3) is 0 Å². The number of hydrogen-bond acceptors (Lipinski definition) is 2. The van der Waals surface area contributed by atoms with E-state index in [2.05, 4.69) is 17.1 Å². The van der Waals surface area contributed by atoms with E-state index in [1.165, 1.54) is 0 Å². The summed E-state index contributed by atoms with van der Waals surface area (Å²) < 4.78 is 0. The first-order chi connectivity index (χ1) is 7.72. The van der Waals surface area contributed by atoms with Crippen LogP contribution in [0.2, 0.25) is 5.02 Å². The Bertz CT molecular complexity index is 562. The Morgan fingerprint density at radius 1 is 1.44 bits per heavy atom. The van der Waals surface area contributed by atoms with Gasteiger partial charge >= 0.3 is 0 Å². The summed E-state index contributed by atoms with van der Waals surface area (Å²) in [6.07, 6.45) is 2.76. The Kier molecular flexibility index (Phi) is 3.25. The standard InChI is InChI=1S/C12H13ClN2O/c1-2-3-4-10-12(16)9-6-5-8(13)7-11(9)15-14-10/h5-7H,2-4H2,1H3,(H,15,16). The third-order valence-corrected chi connectivity index (χ3v) is 2.80. The van der Waals surface area contributed by atoms with Crippen molar-refractivity contribution in [3.05, 3.63) is 39.1 Å². The van der Waals surface area contributed by atoms with E-state index in [-0.39, 0.29) is 5.43 Å². The maximum Gasteiger partial charge on any atom is 0.211 e. The van der Waals surface area contributed by atoms with Gasteiger partial charge in [0.1, 0.15) is 5.69 Å². The molecule has 0 spiro atoms. The second-order valence-electron chi connectivity index (χ2n) is 3.79. The molecular formula is C12H13ClN2O. The van der Waals surface area contributed by atoms with Crippen LogP contribution in [-0.2, 0) is 6.42 Å². The molecule has 84 valence electrons. The van der Waals surface area contributed by atoms with Crippen molar-refractivity contribution in [2.75, 3.05) is 0 Å². The number of nitrogens with one attached hydrogen (secondary N) is 1. The molecule has 0 aliphatic heterocycles. The number of H-pyrrole nitrogens is 1. The van der Waals surface area contributed by atoms with Crippen LogP contribution in [0.4, 0.5) is 0 Å². The first-order valence-electron chi connectivity index (χ1n) is 5.39. The number of unbranched alkanes of at least 4 members (excludes halogenated alkanes) is 1. The van der Waals surface area contributed by atoms with Gasteiger partial charge in [0.05, 0.1) is 5.52 Å². The van der Waals surface area contributed by atoms with Gasteiger partial charge in [0.2, 0.25) is 5.43 Å². The molecule has 2 rings (SSSR count). The molecule has 0 fully saturated rings. The molecule has 2 aromatic rings. The largest absolute Gasteiger partial charge is 0.287 e. The summed E-state index contributed by atoms with van der Waals surface area (Å²) in [7, 11) is 0. The molecule has 0 saturated carbocycles. The van der Waals surface area contributed by atoms with Crippen LogP contribution in [0.25, 0.3) is 10.9 Å². The molecule has 0 aliphatic rings. The molecule has 0 saturated heterocycles. The SMILES string of the molecule is CCCCc1n[nH]c2cc(Cl)ccc2c1=O. The lowest BCUT2D eigenvalue weighted by atomic mass is 10.1. The highest BCUT2D eigenvalue weighted by Gasteiger charge is 2.06. The van der Waals surface area contributed by atoms with E-state index in [4.69, 9.17) is 11.6 Å². The average Bonchev–Trinajstić information content (AvgIpc) is 2.28. The van der Waals surface area contributed by atoms with Crippen molar-refractivity contribution in [3.63, 3.8) is 0 Å². The van der Waals surface area contributed by atoms with Crippen molar-refractivity contribution in [2.45, 2.75) is 26.2 Å². The normalized spacial score (nSPS) is 10.9. The second kappa shape index (κ2) is 4.66. The third-order valence-electron chi connectivity index (χ3n) is 2.57. The molecular weight excluding hydrogens is 224 g/mol. The van der Waals surface area contributed by atoms with Gasteiger partial charge in [-0.05, 0) is 31.0 Å². The van der Waals surface area contributed by atoms with E-state index < -0.39 is 0 Å². The van der Waals surface area contributed by atoms with Crippen LogP contribution in [0.15, 0.2) is 23.0 Å². The van der Waals surface area contributed by atoms with Crippen molar-refractivity contribution < 1.29 is 0 Å². The fourth-order valence-corrected chi connectivity index (χ4v) is 1.83. The number of nitrogens with zero attached hydrogens (tertiary/aromatic N) is 1. The first-order valence-corrected chi connectivity index (χ1v) is 5.77. The Labute approximate surface area is 98.4 Å². The quantitative estimate of drug-likeness (QED) is 0.891. The molecule has 1 N–H and O–H groups in total. The molecule has 4 heteroatoms. The smallest absolute Gasteiger partial charge is 0.211 e. The highest BCUT2D eigenvalue weighted by molar-refractivity contribution is 6.31. The molecule has 0 radical (unpaired) electrons. The maximum absolute atomic E-state index is 12.0. The van der Waals surface area contributed by atoms with Gasteiger partial charge in [0, 0.05) is 10.4 Å². The summed E-state index contributed by atoms with van der Waals surface area (Å²) in [6, 6.07) is 5.19. The topological polar surface area (TPSA) is 45.8 Å². The van der Waals surface area contributed by atoms with Gasteiger partial charge in [-0.25, -0.2) is 0 Å². The van der Waals surface area contributed by atoms with Crippen LogP contribution in [0, 0.1) is 0 Å². The maximum atomic E-state index is 12.0. The number of rotatable bonds is 3. The first kappa shape index (κ1) is 11.1. The number of aromatic amines is 1. The van der Waals surface area contributed by atoms with Gasteiger partial charge < -0.3 is 0 Å². The fourth-order valence-electron chi connectivity index (χ4n) is 1.65. The van der Waals surface area contributed by atoms with Crippen molar-refractivity contribution in [2.24, 2.45) is 0 Å². The van der Waals surface area contributed by atoms with E-state index in [0.717, 1.165) is 19.3 Å². The van der Waals surface area contributed by atoms with Crippen LogP contribution in [-0.4, -0.2) is 10.2 Å². The highest BCUT2D eigenvalue weighted by atomic mass is 35.5. The molecule has 1 heterocycles. The van der Waals surface area contributed by atoms with Gasteiger partial charge in [-0.1, -0.05) is 24.9 Å². The summed E-state index contributed by atoms with van der Waals surface area (Å²) in [4.78, 5) is 12.0. The van der Waals surface area contributed by atoms with E-state index in [9.17, 15) is 4.79 Å². The molecule has 0 bridgehead atoms. The van der Waals surface area contributed by atoms with E-state index in [1.807, 2.05) is 0 Å². The zero-order valence-electron chi connectivity index (χ0n) is 9.09. The Hall–Kier alpha value is -1.35. The van der Waals surface area contributed by atoms with Gasteiger partial charge in [-0.2, -0.15) is 5.10 Å². The average molecular weight is 237 g/mol. The zero-order chi connectivity index (χ0) is 11.5. The number of fused-ring (bicyclic) bond motifs is 1. The van der Waals surface area contributed by atoms with Gasteiger partial charge in [-0.3, -0.25) is 9.89 Å². The molecule has 0 unspecified atom stereocenters. The molecule has 0 amide bonds. The van der Waals surface area contributed by atoms with E-state index >= 15 is 0 Å². The molecule has 0 aliphatic carbocycles. The molecule has 3 nitrogen and oxygen atoms in total. The predicted molar refractivity (Wildman–Crippen MR) is 66.0 cm³/mol. The lowest BCUT2D eigenvalue weighted by molar-refractivity contribution is 0.759. The molecule has 1 aromatic heterocycles. The summed E-state index contributed by atoms with van der Waals surface area (Å²) in [6.45, 7) is 2.09. The predicted octanol–water partition coefficient (Wildman–Crippen LogP) is 2.92. The van der Waals surface area contributed by atoms with E-state index in [0.29, 0.717) is 21.6 Å². The van der Waals surface area contributed by atoms with Crippen LogP contribution in [0.1, 0.15) is 25.5 Å². The Morgan fingerprint density at radius 2 is 2.25 bits per heavy atom. The fraction of sp³-hybridized carbons (Fsp3) is 0.333.